The molecule has 1 heterocycles. The van der Waals surface area contributed by atoms with Crippen LogP contribution in [-0.4, -0.2) is 27.3 Å². The van der Waals surface area contributed by atoms with Crippen molar-refractivity contribution in [3.63, 3.8) is 0 Å². The first-order valence-corrected chi connectivity index (χ1v) is 5.89. The largest absolute Gasteiger partial charge is 0.282 e. The summed E-state index contributed by atoms with van der Waals surface area (Å²) in [6, 6.07) is 4.88. The van der Waals surface area contributed by atoms with Crippen LogP contribution in [0.1, 0.15) is 31.4 Å². The van der Waals surface area contributed by atoms with Crippen LogP contribution in [0.2, 0.25) is 0 Å². The van der Waals surface area contributed by atoms with Gasteiger partial charge in [-0.2, -0.15) is 10.4 Å². The van der Waals surface area contributed by atoms with Crippen LogP contribution in [0.15, 0.2) is 12.3 Å². The van der Waals surface area contributed by atoms with Gasteiger partial charge in [-0.25, -0.2) is 0 Å². The molecule has 0 unspecified atom stereocenters. The summed E-state index contributed by atoms with van der Waals surface area (Å²) in [5.41, 5.74) is 1.06. The summed E-state index contributed by atoms with van der Waals surface area (Å²) in [6.07, 6.45) is 7.02. The van der Waals surface area contributed by atoms with Crippen molar-refractivity contribution in [2.24, 2.45) is 7.05 Å². The highest BCUT2D eigenvalue weighted by atomic mass is 15.3. The van der Waals surface area contributed by atoms with Gasteiger partial charge in [0, 0.05) is 25.8 Å². The van der Waals surface area contributed by atoms with Crippen molar-refractivity contribution in [1.82, 2.24) is 14.7 Å². The van der Waals surface area contributed by atoms with E-state index in [1.54, 1.807) is 0 Å². The van der Waals surface area contributed by atoms with Crippen molar-refractivity contribution < 1.29 is 0 Å². The molecule has 0 bridgehead atoms. The Balaban J connectivity index is 1.99. The lowest BCUT2D eigenvalue weighted by Gasteiger charge is -2.25. The Morgan fingerprint density at radius 2 is 2.31 bits per heavy atom. The zero-order chi connectivity index (χ0) is 11.4. The third-order valence-electron chi connectivity index (χ3n) is 3.25. The van der Waals surface area contributed by atoms with Crippen molar-refractivity contribution >= 4 is 0 Å². The molecule has 1 aliphatic carbocycles. The molecule has 86 valence electrons. The molecule has 1 aromatic rings. The van der Waals surface area contributed by atoms with Gasteiger partial charge < -0.3 is 0 Å². The molecular weight excluding hydrogens is 200 g/mol. The van der Waals surface area contributed by atoms with Crippen molar-refractivity contribution in [2.75, 3.05) is 6.54 Å². The lowest BCUT2D eigenvalue weighted by Crippen LogP contribution is -2.33. The number of nitrogens with zero attached hydrogens (tertiary/aromatic N) is 4. The summed E-state index contributed by atoms with van der Waals surface area (Å²) in [7, 11) is 1.92. The lowest BCUT2D eigenvalue weighted by molar-refractivity contribution is 0.211. The molecule has 0 aliphatic heterocycles. The van der Waals surface area contributed by atoms with E-state index < -0.39 is 0 Å². The highest BCUT2D eigenvalue weighted by molar-refractivity contribution is 5.00. The molecule has 0 amide bonds. The Hall–Kier alpha value is -1.34. The van der Waals surface area contributed by atoms with Crippen LogP contribution < -0.4 is 0 Å². The van der Waals surface area contributed by atoms with E-state index in [4.69, 9.17) is 5.26 Å². The molecule has 0 N–H and O–H groups in total. The van der Waals surface area contributed by atoms with Crippen LogP contribution in [-0.2, 0) is 13.6 Å². The number of rotatable bonds is 4. The van der Waals surface area contributed by atoms with E-state index in [9.17, 15) is 0 Å². The van der Waals surface area contributed by atoms with Gasteiger partial charge in [-0.15, -0.1) is 0 Å². The molecule has 16 heavy (non-hydrogen) atoms. The van der Waals surface area contributed by atoms with Crippen LogP contribution in [0.5, 0.6) is 0 Å². The third kappa shape index (κ3) is 2.61. The highest BCUT2D eigenvalue weighted by Gasteiger charge is 2.22. The van der Waals surface area contributed by atoms with Crippen molar-refractivity contribution in [3.8, 4) is 6.07 Å². The minimum atomic E-state index is 0.515. The second-order valence-electron chi connectivity index (χ2n) is 4.48. The van der Waals surface area contributed by atoms with E-state index in [1.165, 1.54) is 25.7 Å². The van der Waals surface area contributed by atoms with Crippen molar-refractivity contribution in [2.45, 2.75) is 38.3 Å². The first-order valence-electron chi connectivity index (χ1n) is 5.89. The zero-order valence-corrected chi connectivity index (χ0v) is 9.76. The molecule has 1 saturated carbocycles. The van der Waals surface area contributed by atoms with Crippen LogP contribution in [0, 0.1) is 11.3 Å². The fraction of sp³-hybridized carbons (Fsp3) is 0.667. The predicted octanol–water partition coefficient (Wildman–Crippen LogP) is 1.69. The SMILES string of the molecule is Cn1ccc(CN(CC#N)C2CCCC2)n1. The quantitative estimate of drug-likeness (QED) is 0.722. The van der Waals surface area contributed by atoms with E-state index >= 15 is 0 Å². The maximum Gasteiger partial charge on any atom is 0.0871 e. The Morgan fingerprint density at radius 1 is 1.56 bits per heavy atom. The maximum absolute atomic E-state index is 8.86. The number of hydrogen-bond donors (Lipinski definition) is 0. The Bertz CT molecular complexity index is 371. The summed E-state index contributed by atoms with van der Waals surface area (Å²) < 4.78 is 1.81. The molecule has 0 atom stereocenters. The maximum atomic E-state index is 8.86. The molecule has 2 rings (SSSR count). The Kier molecular flexibility index (Phi) is 3.58. The fourth-order valence-electron chi connectivity index (χ4n) is 2.43. The summed E-state index contributed by atoms with van der Waals surface area (Å²) in [5.74, 6) is 0. The zero-order valence-electron chi connectivity index (χ0n) is 9.76. The fourth-order valence-corrected chi connectivity index (χ4v) is 2.43. The standard InChI is InChI=1S/C12H18N4/c1-15-8-6-11(14-15)10-16(9-7-13)12-4-2-3-5-12/h6,8,12H,2-5,9-10H2,1H3. The molecule has 0 spiro atoms. The molecule has 0 radical (unpaired) electrons. The van der Waals surface area contributed by atoms with Crippen LogP contribution in [0.25, 0.3) is 0 Å². The number of hydrogen-bond acceptors (Lipinski definition) is 3. The van der Waals surface area contributed by atoms with Crippen molar-refractivity contribution in [3.05, 3.63) is 18.0 Å². The molecular formula is C12H18N4. The van der Waals surface area contributed by atoms with Gasteiger partial charge in [0.2, 0.25) is 0 Å². The van der Waals surface area contributed by atoms with E-state index in [0.717, 1.165) is 12.2 Å². The molecule has 4 heteroatoms. The Morgan fingerprint density at radius 3 is 2.88 bits per heavy atom. The van der Waals surface area contributed by atoms with Crippen LogP contribution >= 0.6 is 0 Å². The first kappa shape index (κ1) is 11.2. The number of aryl methyl sites for hydroxylation is 1. The van der Waals surface area contributed by atoms with Crippen molar-refractivity contribution in [1.29, 1.82) is 5.26 Å². The summed E-state index contributed by atoms with van der Waals surface area (Å²) >= 11 is 0. The number of aromatic nitrogens is 2. The minimum absolute atomic E-state index is 0.515. The molecule has 1 aliphatic rings. The molecule has 4 nitrogen and oxygen atoms in total. The smallest absolute Gasteiger partial charge is 0.0871 e. The second kappa shape index (κ2) is 5.13. The van der Waals surface area contributed by atoms with Gasteiger partial charge in [0.25, 0.3) is 0 Å². The molecule has 0 saturated heterocycles. The van der Waals surface area contributed by atoms with Gasteiger partial charge in [-0.1, -0.05) is 12.8 Å². The summed E-state index contributed by atoms with van der Waals surface area (Å²) in [6.45, 7) is 1.32. The summed E-state index contributed by atoms with van der Waals surface area (Å²) in [4.78, 5) is 2.26. The van der Waals surface area contributed by atoms with Gasteiger partial charge in [0.15, 0.2) is 0 Å². The molecule has 1 fully saturated rings. The first-order chi connectivity index (χ1) is 7.79. The summed E-state index contributed by atoms with van der Waals surface area (Å²) in [5, 5.41) is 13.2. The van der Waals surface area contributed by atoms with Crippen LogP contribution in [0.4, 0.5) is 0 Å². The lowest BCUT2D eigenvalue weighted by atomic mass is 10.2. The van der Waals surface area contributed by atoms with E-state index in [-0.39, 0.29) is 0 Å². The highest BCUT2D eigenvalue weighted by Crippen LogP contribution is 2.24. The normalized spacial score (nSPS) is 16.8. The van der Waals surface area contributed by atoms with E-state index in [1.807, 2.05) is 24.0 Å². The average Bonchev–Trinajstić information content (AvgIpc) is 2.88. The van der Waals surface area contributed by atoms with Crippen LogP contribution in [0.3, 0.4) is 0 Å². The topological polar surface area (TPSA) is 44.9 Å². The van der Waals surface area contributed by atoms with Gasteiger partial charge in [-0.3, -0.25) is 9.58 Å². The van der Waals surface area contributed by atoms with Gasteiger partial charge in [-0.05, 0) is 18.9 Å². The van der Waals surface area contributed by atoms with E-state index in [2.05, 4.69) is 16.1 Å². The number of nitriles is 1. The molecule has 1 aromatic heterocycles. The molecule has 0 aromatic carbocycles. The average molecular weight is 218 g/mol. The van der Waals surface area contributed by atoms with Gasteiger partial charge in [0.1, 0.15) is 0 Å². The minimum Gasteiger partial charge on any atom is -0.282 e. The monoisotopic (exact) mass is 218 g/mol. The predicted molar refractivity (Wildman–Crippen MR) is 61.5 cm³/mol. The van der Waals surface area contributed by atoms with Gasteiger partial charge >= 0.3 is 0 Å². The third-order valence-corrected chi connectivity index (χ3v) is 3.25. The Labute approximate surface area is 96.5 Å². The van der Waals surface area contributed by atoms with Gasteiger partial charge in [0.05, 0.1) is 18.3 Å². The second-order valence-corrected chi connectivity index (χ2v) is 4.48. The van der Waals surface area contributed by atoms with E-state index in [0.29, 0.717) is 12.6 Å².